The minimum Gasteiger partial charge on any atom is -0.450 e. The number of rotatable bonds is 9. The van der Waals surface area contributed by atoms with Crippen LogP contribution in [0.25, 0.3) is 0 Å². The Morgan fingerprint density at radius 3 is 2.43 bits per heavy atom. The molecule has 0 saturated heterocycles. The molecule has 9 nitrogen and oxygen atoms in total. The van der Waals surface area contributed by atoms with Gasteiger partial charge >= 0.3 is 6.16 Å². The number of nitrogens with one attached hydrogen (secondary N) is 1. The first-order valence-electron chi connectivity index (χ1n) is 6.24. The predicted octanol–water partition coefficient (Wildman–Crippen LogP) is -0.871. The van der Waals surface area contributed by atoms with Crippen molar-refractivity contribution in [2.24, 2.45) is 0 Å². The van der Waals surface area contributed by atoms with E-state index < -0.39 is 18.0 Å². The first-order valence-corrected chi connectivity index (χ1v) is 6.24. The maximum absolute atomic E-state index is 11.5. The summed E-state index contributed by atoms with van der Waals surface area (Å²) in [5.41, 5.74) is 0. The molecule has 116 valence electrons. The Balaban J connectivity index is 2.00. The number of carboxylic acid groups (broad SMARTS) is 1. The summed E-state index contributed by atoms with van der Waals surface area (Å²) in [5.74, 6) is -1.16. The minimum absolute atomic E-state index is 0.0152. The van der Waals surface area contributed by atoms with E-state index >= 15 is 0 Å². The molecule has 0 radical (unpaired) electrons. The summed E-state index contributed by atoms with van der Waals surface area (Å²) in [4.78, 5) is 44.9. The molecule has 2 N–H and O–H groups in total. The van der Waals surface area contributed by atoms with Gasteiger partial charge in [0.15, 0.2) is 0 Å². The number of ether oxygens (including phenoxy) is 2. The zero-order valence-electron chi connectivity index (χ0n) is 11.2. The minimum atomic E-state index is -1.37. The van der Waals surface area contributed by atoms with Gasteiger partial charge in [-0.1, -0.05) is 0 Å². The first kappa shape index (κ1) is 16.6. The monoisotopic (exact) mass is 300 g/mol. The fourth-order valence-electron chi connectivity index (χ4n) is 1.51. The van der Waals surface area contributed by atoms with E-state index in [0.717, 1.165) is 17.1 Å². The van der Waals surface area contributed by atoms with Crippen LogP contribution in [-0.2, 0) is 23.9 Å². The van der Waals surface area contributed by atoms with E-state index in [9.17, 15) is 19.2 Å². The third-order valence-electron chi connectivity index (χ3n) is 2.48. The topological polar surface area (TPSA) is 122 Å². The Labute approximate surface area is 120 Å². The maximum atomic E-state index is 11.5. The van der Waals surface area contributed by atoms with Gasteiger partial charge in [-0.05, 0) is 0 Å². The van der Waals surface area contributed by atoms with Crippen LogP contribution in [0.3, 0.4) is 0 Å². The lowest BCUT2D eigenvalue weighted by atomic mass is 10.3. The molecule has 0 fully saturated rings. The predicted molar refractivity (Wildman–Crippen MR) is 68.3 cm³/mol. The van der Waals surface area contributed by atoms with Crippen LogP contribution in [0.2, 0.25) is 0 Å². The third kappa shape index (κ3) is 6.52. The zero-order chi connectivity index (χ0) is 15.7. The van der Waals surface area contributed by atoms with Crippen molar-refractivity contribution >= 4 is 23.9 Å². The summed E-state index contributed by atoms with van der Waals surface area (Å²) >= 11 is 0. The van der Waals surface area contributed by atoms with E-state index in [4.69, 9.17) is 9.84 Å². The molecule has 0 aromatic carbocycles. The molecule has 0 atom stereocenters. The van der Waals surface area contributed by atoms with Gasteiger partial charge in [0.05, 0.1) is 13.2 Å². The average Bonchev–Trinajstić information content (AvgIpc) is 2.74. The summed E-state index contributed by atoms with van der Waals surface area (Å²) < 4.78 is 9.23. The van der Waals surface area contributed by atoms with Crippen molar-refractivity contribution < 1.29 is 33.8 Å². The number of hydrogen-bond donors (Lipinski definition) is 2. The second kappa shape index (κ2) is 8.69. The van der Waals surface area contributed by atoms with Crippen molar-refractivity contribution in [2.75, 3.05) is 32.9 Å². The van der Waals surface area contributed by atoms with Gasteiger partial charge in [-0.25, -0.2) is 4.79 Å². The quantitative estimate of drug-likeness (QED) is 0.322. The number of carbonyl (C=O) groups is 4. The fourth-order valence-corrected chi connectivity index (χ4v) is 1.51. The molecular weight excluding hydrogens is 284 g/mol. The van der Waals surface area contributed by atoms with Crippen LogP contribution < -0.4 is 5.32 Å². The third-order valence-corrected chi connectivity index (χ3v) is 2.48. The van der Waals surface area contributed by atoms with E-state index in [1.54, 1.807) is 0 Å². The number of imide groups is 1. The molecule has 9 heteroatoms. The SMILES string of the molecule is O=C(CCN1C(=O)C=CC1=O)NCCOCCOC(=O)O. The lowest BCUT2D eigenvalue weighted by Gasteiger charge is -2.13. The van der Waals surface area contributed by atoms with Gasteiger partial charge in [0.25, 0.3) is 11.8 Å². The van der Waals surface area contributed by atoms with Crippen LogP contribution >= 0.6 is 0 Å². The average molecular weight is 300 g/mol. The Bertz CT molecular complexity index is 429. The van der Waals surface area contributed by atoms with E-state index in [1.165, 1.54) is 0 Å². The van der Waals surface area contributed by atoms with E-state index in [-0.39, 0.29) is 45.2 Å². The Morgan fingerprint density at radius 2 is 1.81 bits per heavy atom. The highest BCUT2D eigenvalue weighted by Gasteiger charge is 2.23. The van der Waals surface area contributed by atoms with Crippen molar-refractivity contribution in [1.82, 2.24) is 10.2 Å². The molecule has 0 aliphatic carbocycles. The second-order valence-electron chi connectivity index (χ2n) is 3.99. The Hall–Kier alpha value is -2.42. The Kier molecular flexibility index (Phi) is 6.88. The van der Waals surface area contributed by atoms with Crippen LogP contribution in [0.4, 0.5) is 4.79 Å². The second-order valence-corrected chi connectivity index (χ2v) is 3.99. The van der Waals surface area contributed by atoms with Crippen LogP contribution in [0.1, 0.15) is 6.42 Å². The zero-order valence-corrected chi connectivity index (χ0v) is 11.2. The van der Waals surface area contributed by atoms with Crippen LogP contribution in [-0.4, -0.2) is 66.8 Å². The molecule has 0 aromatic heterocycles. The van der Waals surface area contributed by atoms with E-state index in [1.807, 2.05) is 0 Å². The van der Waals surface area contributed by atoms with E-state index in [2.05, 4.69) is 10.1 Å². The molecular formula is C12H16N2O7. The summed E-state index contributed by atoms with van der Waals surface area (Å²) in [5, 5.41) is 10.7. The van der Waals surface area contributed by atoms with E-state index in [0.29, 0.717) is 0 Å². The molecule has 1 heterocycles. The lowest BCUT2D eigenvalue weighted by molar-refractivity contribution is -0.137. The van der Waals surface area contributed by atoms with Gasteiger partial charge in [0, 0.05) is 31.7 Å². The fraction of sp³-hybridized carbons (Fsp3) is 0.500. The lowest BCUT2D eigenvalue weighted by Crippen LogP contribution is -2.35. The van der Waals surface area contributed by atoms with Crippen molar-refractivity contribution in [3.8, 4) is 0 Å². The molecule has 1 aliphatic heterocycles. The Morgan fingerprint density at radius 1 is 1.14 bits per heavy atom. The maximum Gasteiger partial charge on any atom is 0.505 e. The number of hydrogen-bond acceptors (Lipinski definition) is 6. The molecule has 0 bridgehead atoms. The summed E-state index contributed by atoms with van der Waals surface area (Å²) in [6.45, 7) is 0.508. The largest absolute Gasteiger partial charge is 0.505 e. The molecule has 0 saturated carbocycles. The van der Waals surface area contributed by atoms with Crippen molar-refractivity contribution in [1.29, 1.82) is 0 Å². The van der Waals surface area contributed by atoms with Crippen LogP contribution in [0.15, 0.2) is 12.2 Å². The standard InChI is InChI=1S/C12H16N2O7/c15-9(3-5-14-10(16)1-2-11(14)17)13-4-6-20-7-8-21-12(18)19/h1-2H,3-8H2,(H,13,15)(H,18,19). The van der Waals surface area contributed by atoms with Gasteiger partial charge in [-0.15, -0.1) is 0 Å². The molecule has 3 amide bonds. The number of carbonyl (C=O) groups excluding carboxylic acids is 3. The van der Waals surface area contributed by atoms with Gasteiger partial charge in [-0.2, -0.15) is 0 Å². The van der Waals surface area contributed by atoms with Gasteiger partial charge in [0.1, 0.15) is 6.61 Å². The van der Waals surface area contributed by atoms with Gasteiger partial charge in [0.2, 0.25) is 5.91 Å². The van der Waals surface area contributed by atoms with Crippen molar-refractivity contribution in [3.05, 3.63) is 12.2 Å². The summed E-state index contributed by atoms with van der Waals surface area (Å²) in [6, 6.07) is 0. The van der Waals surface area contributed by atoms with Crippen LogP contribution in [0.5, 0.6) is 0 Å². The highest BCUT2D eigenvalue weighted by Crippen LogP contribution is 2.03. The molecule has 0 spiro atoms. The summed E-state index contributed by atoms with van der Waals surface area (Å²) in [7, 11) is 0. The molecule has 1 rings (SSSR count). The smallest absolute Gasteiger partial charge is 0.450 e. The molecule has 0 aromatic rings. The highest BCUT2D eigenvalue weighted by molar-refractivity contribution is 6.13. The molecule has 0 unspecified atom stereocenters. The van der Waals surface area contributed by atoms with Crippen molar-refractivity contribution in [3.63, 3.8) is 0 Å². The molecule has 21 heavy (non-hydrogen) atoms. The van der Waals surface area contributed by atoms with Crippen LogP contribution in [0, 0.1) is 0 Å². The van der Waals surface area contributed by atoms with Gasteiger partial charge < -0.3 is 19.9 Å². The molecule has 1 aliphatic rings. The number of amides is 3. The summed E-state index contributed by atoms with van der Waals surface area (Å²) in [6.07, 6.45) is 0.967. The normalized spacial score (nSPS) is 13.6. The first-order chi connectivity index (χ1) is 10.0. The number of nitrogens with zero attached hydrogens (tertiary/aromatic N) is 1. The highest BCUT2D eigenvalue weighted by atomic mass is 16.7. The van der Waals surface area contributed by atoms with Crippen molar-refractivity contribution in [2.45, 2.75) is 6.42 Å². The van der Waals surface area contributed by atoms with Gasteiger partial charge in [-0.3, -0.25) is 19.3 Å².